The van der Waals surface area contributed by atoms with E-state index in [9.17, 15) is 18.0 Å². The van der Waals surface area contributed by atoms with Gasteiger partial charge in [0.1, 0.15) is 5.82 Å². The number of hydrogen-bond acceptors (Lipinski definition) is 4. The molecule has 2 heterocycles. The first-order valence-corrected chi connectivity index (χ1v) is 11.2. The summed E-state index contributed by atoms with van der Waals surface area (Å²) in [6.07, 6.45) is 1.72. The van der Waals surface area contributed by atoms with Crippen LogP contribution in [0.5, 0.6) is 0 Å². The number of amides is 1. The third-order valence-corrected chi connectivity index (χ3v) is 6.35. The van der Waals surface area contributed by atoms with Gasteiger partial charge in [0.2, 0.25) is 5.91 Å². The van der Waals surface area contributed by atoms with Crippen LogP contribution in [0.15, 0.2) is 36.7 Å². The van der Waals surface area contributed by atoms with Gasteiger partial charge in [-0.1, -0.05) is 24.6 Å². The monoisotopic (exact) mass is 450 g/mol. The molecule has 1 aromatic heterocycles. The number of aromatic nitrogens is 2. The van der Waals surface area contributed by atoms with E-state index in [1.165, 1.54) is 12.1 Å². The Bertz CT molecular complexity index is 905. The Balaban J connectivity index is 1.48. The third kappa shape index (κ3) is 5.50. The quantitative estimate of drug-likeness (QED) is 0.619. The summed E-state index contributed by atoms with van der Waals surface area (Å²) in [6.45, 7) is 4.74. The van der Waals surface area contributed by atoms with Gasteiger partial charge < -0.3 is 14.2 Å². The van der Waals surface area contributed by atoms with Gasteiger partial charge in [0, 0.05) is 51.0 Å². The minimum atomic E-state index is -4.41. The molecule has 1 saturated carbocycles. The lowest BCUT2D eigenvalue weighted by Gasteiger charge is -2.34. The van der Waals surface area contributed by atoms with Crippen LogP contribution in [0.3, 0.4) is 0 Å². The first kappa shape index (κ1) is 22.8. The van der Waals surface area contributed by atoms with Gasteiger partial charge in [-0.05, 0) is 24.5 Å². The van der Waals surface area contributed by atoms with E-state index in [-0.39, 0.29) is 23.9 Å². The van der Waals surface area contributed by atoms with Gasteiger partial charge in [-0.25, -0.2) is 4.98 Å². The number of carbonyl (C=O) groups excluding carboxylic acids is 1. The van der Waals surface area contributed by atoms with Crippen LogP contribution >= 0.6 is 0 Å². The van der Waals surface area contributed by atoms with Crippen LogP contribution in [0.2, 0.25) is 0 Å². The summed E-state index contributed by atoms with van der Waals surface area (Å²) in [5.41, 5.74) is -0.459. The summed E-state index contributed by atoms with van der Waals surface area (Å²) in [4.78, 5) is 21.6. The highest BCUT2D eigenvalue weighted by Crippen LogP contribution is 2.32. The Morgan fingerprint density at radius 1 is 1.19 bits per heavy atom. The molecule has 1 saturated heterocycles. The number of ether oxygens (including phenoxy) is 1. The van der Waals surface area contributed by atoms with Crippen molar-refractivity contribution < 1.29 is 22.7 Å². The number of morpholine rings is 1. The molecule has 32 heavy (non-hydrogen) atoms. The van der Waals surface area contributed by atoms with E-state index in [2.05, 4.69) is 9.88 Å². The van der Waals surface area contributed by atoms with Crippen molar-refractivity contribution in [2.24, 2.45) is 5.92 Å². The molecule has 2 aliphatic rings. The van der Waals surface area contributed by atoms with E-state index in [0.29, 0.717) is 32.1 Å². The van der Waals surface area contributed by atoms with E-state index in [4.69, 9.17) is 4.74 Å². The molecule has 0 N–H and O–H groups in total. The van der Waals surface area contributed by atoms with Crippen molar-refractivity contribution in [2.75, 3.05) is 39.4 Å². The molecule has 174 valence electrons. The fourth-order valence-electron chi connectivity index (χ4n) is 4.19. The minimum Gasteiger partial charge on any atom is -0.379 e. The molecule has 1 aromatic carbocycles. The molecule has 1 aliphatic heterocycles. The van der Waals surface area contributed by atoms with Gasteiger partial charge in [-0.3, -0.25) is 9.69 Å². The van der Waals surface area contributed by atoms with Crippen molar-refractivity contribution in [2.45, 2.75) is 38.5 Å². The molecular formula is C23H29F3N4O2. The van der Waals surface area contributed by atoms with E-state index >= 15 is 0 Å². The van der Waals surface area contributed by atoms with Crippen molar-refractivity contribution >= 4 is 5.91 Å². The SMILES string of the molecule is O=C(C1CCC1)N(CCN1CCOCC1)Cc1nccn1Cc1ccccc1C(F)(F)F. The van der Waals surface area contributed by atoms with Gasteiger partial charge in [-0.15, -0.1) is 0 Å². The first-order valence-electron chi connectivity index (χ1n) is 11.2. The standard InChI is InChI=1S/C23H29F3N4O2/c24-23(25,26)20-7-2-1-4-19(20)16-29-9-8-27-21(29)17-30(22(31)18-5-3-6-18)11-10-28-12-14-32-15-13-28/h1-2,4,7-9,18H,3,5-6,10-17H2. The van der Waals surface area contributed by atoms with Crippen LogP contribution in [-0.4, -0.2) is 64.7 Å². The molecule has 0 radical (unpaired) electrons. The largest absolute Gasteiger partial charge is 0.416 e. The van der Waals surface area contributed by atoms with Crippen molar-refractivity contribution in [3.8, 4) is 0 Å². The summed E-state index contributed by atoms with van der Waals surface area (Å²) in [7, 11) is 0. The van der Waals surface area contributed by atoms with Gasteiger partial charge in [-0.2, -0.15) is 13.2 Å². The summed E-state index contributed by atoms with van der Waals surface area (Å²) in [5, 5.41) is 0. The number of nitrogens with zero attached hydrogens (tertiary/aromatic N) is 4. The lowest BCUT2D eigenvalue weighted by Crippen LogP contribution is -2.45. The summed E-state index contributed by atoms with van der Waals surface area (Å²) >= 11 is 0. The fraction of sp³-hybridized carbons (Fsp3) is 0.565. The Morgan fingerprint density at radius 3 is 2.62 bits per heavy atom. The minimum absolute atomic E-state index is 0.0501. The van der Waals surface area contributed by atoms with Crippen LogP contribution in [0.1, 0.15) is 36.2 Å². The maximum Gasteiger partial charge on any atom is 0.416 e. The predicted octanol–water partition coefficient (Wildman–Crippen LogP) is 3.41. The second-order valence-corrected chi connectivity index (χ2v) is 8.47. The molecule has 6 nitrogen and oxygen atoms in total. The zero-order chi connectivity index (χ0) is 22.6. The number of imidazole rings is 1. The number of halogens is 3. The smallest absolute Gasteiger partial charge is 0.379 e. The molecule has 2 aromatic rings. The molecular weight excluding hydrogens is 421 g/mol. The number of rotatable bonds is 8. The first-order chi connectivity index (χ1) is 15.4. The average Bonchev–Trinajstić information content (AvgIpc) is 3.16. The van der Waals surface area contributed by atoms with Crippen molar-refractivity contribution in [1.29, 1.82) is 0 Å². The Morgan fingerprint density at radius 2 is 1.94 bits per heavy atom. The van der Waals surface area contributed by atoms with E-state index in [0.717, 1.165) is 45.0 Å². The molecule has 1 aliphatic carbocycles. The van der Waals surface area contributed by atoms with E-state index in [1.54, 1.807) is 23.0 Å². The summed E-state index contributed by atoms with van der Waals surface area (Å²) in [6, 6.07) is 5.59. The predicted molar refractivity (Wildman–Crippen MR) is 113 cm³/mol. The van der Waals surface area contributed by atoms with E-state index < -0.39 is 11.7 Å². The summed E-state index contributed by atoms with van der Waals surface area (Å²) in [5.74, 6) is 0.764. The molecule has 9 heteroatoms. The zero-order valence-electron chi connectivity index (χ0n) is 18.1. The summed E-state index contributed by atoms with van der Waals surface area (Å²) < 4.78 is 47.3. The molecule has 2 fully saturated rings. The number of hydrogen-bond donors (Lipinski definition) is 0. The molecule has 1 amide bonds. The number of alkyl halides is 3. The van der Waals surface area contributed by atoms with Crippen molar-refractivity contribution in [1.82, 2.24) is 19.4 Å². The van der Waals surface area contributed by atoms with E-state index in [1.807, 2.05) is 4.90 Å². The van der Waals surface area contributed by atoms with Crippen LogP contribution < -0.4 is 0 Å². The highest BCUT2D eigenvalue weighted by atomic mass is 19.4. The second kappa shape index (κ2) is 10.0. The molecule has 0 atom stereocenters. The van der Waals surface area contributed by atoms with Gasteiger partial charge in [0.25, 0.3) is 0 Å². The molecule has 4 rings (SSSR count). The lowest BCUT2D eigenvalue weighted by molar-refractivity contribution is -0.139. The van der Waals surface area contributed by atoms with Gasteiger partial charge in [0.15, 0.2) is 0 Å². The van der Waals surface area contributed by atoms with Crippen LogP contribution in [0.4, 0.5) is 13.2 Å². The highest BCUT2D eigenvalue weighted by molar-refractivity contribution is 5.79. The normalized spacial score (nSPS) is 17.8. The topological polar surface area (TPSA) is 50.6 Å². The lowest BCUT2D eigenvalue weighted by atomic mass is 9.84. The Hall–Kier alpha value is -2.39. The zero-order valence-corrected chi connectivity index (χ0v) is 18.1. The molecule has 0 spiro atoms. The number of carbonyl (C=O) groups is 1. The Kier molecular flexibility index (Phi) is 7.15. The van der Waals surface area contributed by atoms with Crippen LogP contribution in [0, 0.1) is 5.92 Å². The average molecular weight is 451 g/mol. The highest BCUT2D eigenvalue weighted by Gasteiger charge is 2.33. The van der Waals surface area contributed by atoms with Crippen molar-refractivity contribution in [3.05, 3.63) is 53.6 Å². The third-order valence-electron chi connectivity index (χ3n) is 6.35. The van der Waals surface area contributed by atoms with Crippen molar-refractivity contribution in [3.63, 3.8) is 0 Å². The maximum atomic E-state index is 13.4. The van der Waals surface area contributed by atoms with Gasteiger partial charge >= 0.3 is 6.18 Å². The van der Waals surface area contributed by atoms with Gasteiger partial charge in [0.05, 0.1) is 25.3 Å². The fourth-order valence-corrected chi connectivity index (χ4v) is 4.19. The molecule has 0 bridgehead atoms. The number of benzene rings is 1. The molecule has 0 unspecified atom stereocenters. The second-order valence-electron chi connectivity index (χ2n) is 8.47. The maximum absolute atomic E-state index is 13.4. The van der Waals surface area contributed by atoms with Crippen LogP contribution in [0.25, 0.3) is 0 Å². The van der Waals surface area contributed by atoms with Crippen LogP contribution in [-0.2, 0) is 28.8 Å². The Labute approximate surface area is 186 Å².